The van der Waals surface area contributed by atoms with Crippen molar-refractivity contribution in [3.05, 3.63) is 28.2 Å². The van der Waals surface area contributed by atoms with E-state index >= 15 is 0 Å². The molecule has 2 rings (SSSR count). The molecule has 1 aliphatic rings. The zero-order chi connectivity index (χ0) is 18.7. The summed E-state index contributed by atoms with van der Waals surface area (Å²) in [6.07, 6.45) is 6.58. The summed E-state index contributed by atoms with van der Waals surface area (Å²) in [5, 5.41) is 14.8. The molecule has 25 heavy (non-hydrogen) atoms. The Labute approximate surface area is 156 Å². The van der Waals surface area contributed by atoms with E-state index in [1.165, 1.54) is 50.9 Å². The standard InChI is InChI=1S/C16H24BrNO.C2H2O4/c1-14-13-15(17)7-8-16(14)19-12-6-5-11-18-9-3-2-4-10-18;3-1(4)2(5)6/h7-8,13H,2-6,9-12H2,1H3;(H,3,4)(H,5,6). The Hall–Kier alpha value is -1.60. The van der Waals surface area contributed by atoms with Crippen LogP contribution in [0.25, 0.3) is 0 Å². The molecule has 1 fully saturated rings. The van der Waals surface area contributed by atoms with Crippen molar-refractivity contribution in [2.45, 2.75) is 39.0 Å². The number of unbranched alkanes of at least 4 members (excludes halogenated alkanes) is 1. The van der Waals surface area contributed by atoms with E-state index in [-0.39, 0.29) is 0 Å². The number of aryl methyl sites for hydroxylation is 1. The molecule has 0 spiro atoms. The molecular formula is C18H26BrNO5. The highest BCUT2D eigenvalue weighted by Gasteiger charge is 2.09. The summed E-state index contributed by atoms with van der Waals surface area (Å²) >= 11 is 3.47. The number of likely N-dealkylation sites (tertiary alicyclic amines) is 1. The molecule has 0 unspecified atom stereocenters. The fourth-order valence-electron chi connectivity index (χ4n) is 2.58. The number of ether oxygens (including phenoxy) is 1. The van der Waals surface area contributed by atoms with E-state index in [0.29, 0.717) is 0 Å². The Balaban J connectivity index is 0.000000450. The van der Waals surface area contributed by atoms with E-state index in [1.54, 1.807) is 0 Å². The quantitative estimate of drug-likeness (QED) is 0.545. The molecule has 0 radical (unpaired) electrons. The minimum atomic E-state index is -1.82. The van der Waals surface area contributed by atoms with Gasteiger partial charge >= 0.3 is 11.9 Å². The molecular weight excluding hydrogens is 390 g/mol. The predicted molar refractivity (Wildman–Crippen MR) is 99.2 cm³/mol. The van der Waals surface area contributed by atoms with Gasteiger partial charge in [0.25, 0.3) is 0 Å². The van der Waals surface area contributed by atoms with E-state index < -0.39 is 11.9 Å². The molecule has 0 aliphatic carbocycles. The number of carbonyl (C=O) groups is 2. The number of piperidine rings is 1. The molecule has 0 atom stereocenters. The highest BCUT2D eigenvalue weighted by atomic mass is 79.9. The number of hydrogen-bond acceptors (Lipinski definition) is 4. The number of hydrogen-bond donors (Lipinski definition) is 2. The van der Waals surface area contributed by atoms with E-state index in [0.717, 1.165) is 23.2 Å². The van der Waals surface area contributed by atoms with E-state index in [4.69, 9.17) is 24.5 Å². The zero-order valence-corrected chi connectivity index (χ0v) is 16.1. The lowest BCUT2D eigenvalue weighted by Crippen LogP contribution is -2.30. The van der Waals surface area contributed by atoms with E-state index in [2.05, 4.69) is 33.8 Å². The maximum Gasteiger partial charge on any atom is 0.414 e. The van der Waals surface area contributed by atoms with Gasteiger partial charge in [-0.1, -0.05) is 22.4 Å². The van der Waals surface area contributed by atoms with Crippen LogP contribution in [0.4, 0.5) is 0 Å². The number of nitrogens with zero attached hydrogens (tertiary/aromatic N) is 1. The first-order valence-corrected chi connectivity index (χ1v) is 9.27. The van der Waals surface area contributed by atoms with Crippen LogP contribution < -0.4 is 4.74 Å². The summed E-state index contributed by atoms with van der Waals surface area (Å²) in [7, 11) is 0. The highest BCUT2D eigenvalue weighted by Crippen LogP contribution is 2.22. The molecule has 6 nitrogen and oxygen atoms in total. The summed E-state index contributed by atoms with van der Waals surface area (Å²) in [4.78, 5) is 20.8. The van der Waals surface area contributed by atoms with Crippen LogP contribution in [0.15, 0.2) is 22.7 Å². The lowest BCUT2D eigenvalue weighted by atomic mass is 10.1. The molecule has 7 heteroatoms. The second-order valence-electron chi connectivity index (χ2n) is 5.98. The average Bonchev–Trinajstić information content (AvgIpc) is 2.58. The molecule has 1 aromatic carbocycles. The van der Waals surface area contributed by atoms with Crippen molar-refractivity contribution in [2.24, 2.45) is 0 Å². The van der Waals surface area contributed by atoms with Crippen LogP contribution in [0.3, 0.4) is 0 Å². The van der Waals surface area contributed by atoms with Crippen LogP contribution in [0.2, 0.25) is 0 Å². The van der Waals surface area contributed by atoms with Gasteiger partial charge in [0, 0.05) is 4.47 Å². The molecule has 1 heterocycles. The predicted octanol–water partition coefficient (Wildman–Crippen LogP) is 3.56. The maximum atomic E-state index is 9.10. The van der Waals surface area contributed by atoms with Gasteiger partial charge < -0.3 is 19.8 Å². The van der Waals surface area contributed by atoms with Gasteiger partial charge in [0.15, 0.2) is 0 Å². The van der Waals surface area contributed by atoms with Crippen molar-refractivity contribution in [1.29, 1.82) is 0 Å². The molecule has 1 aromatic rings. The first-order chi connectivity index (χ1) is 11.9. The van der Waals surface area contributed by atoms with Crippen molar-refractivity contribution in [3.8, 4) is 5.75 Å². The van der Waals surface area contributed by atoms with E-state index in [1.807, 2.05) is 12.1 Å². The van der Waals surface area contributed by atoms with Gasteiger partial charge in [-0.2, -0.15) is 0 Å². The third kappa shape index (κ3) is 9.45. The number of carboxylic acids is 2. The van der Waals surface area contributed by atoms with Crippen molar-refractivity contribution >= 4 is 27.9 Å². The summed E-state index contributed by atoms with van der Waals surface area (Å²) in [5.74, 6) is -2.63. The number of halogens is 1. The Bertz CT molecular complexity index is 546. The summed E-state index contributed by atoms with van der Waals surface area (Å²) in [5.41, 5.74) is 1.20. The lowest BCUT2D eigenvalue weighted by molar-refractivity contribution is -0.159. The van der Waals surface area contributed by atoms with Crippen LogP contribution >= 0.6 is 15.9 Å². The molecule has 1 aliphatic heterocycles. The summed E-state index contributed by atoms with van der Waals surface area (Å²) < 4.78 is 6.96. The first kappa shape index (κ1) is 21.4. The lowest BCUT2D eigenvalue weighted by Gasteiger charge is -2.26. The number of carboxylic acid groups (broad SMARTS) is 2. The van der Waals surface area contributed by atoms with Gasteiger partial charge in [-0.15, -0.1) is 0 Å². The third-order valence-corrected chi connectivity index (χ3v) is 4.39. The van der Waals surface area contributed by atoms with Crippen molar-refractivity contribution < 1.29 is 24.5 Å². The molecule has 1 saturated heterocycles. The largest absolute Gasteiger partial charge is 0.493 e. The molecule has 0 bridgehead atoms. The Morgan fingerprint density at radius 2 is 1.76 bits per heavy atom. The average molecular weight is 416 g/mol. The highest BCUT2D eigenvalue weighted by molar-refractivity contribution is 9.10. The van der Waals surface area contributed by atoms with Crippen LogP contribution in [0.5, 0.6) is 5.75 Å². The normalized spacial score (nSPS) is 14.3. The second kappa shape index (κ2) is 11.9. The summed E-state index contributed by atoms with van der Waals surface area (Å²) in [6, 6.07) is 6.18. The molecule has 0 aromatic heterocycles. The molecule has 140 valence electrons. The smallest absolute Gasteiger partial charge is 0.414 e. The second-order valence-corrected chi connectivity index (χ2v) is 6.89. The third-order valence-electron chi connectivity index (χ3n) is 3.89. The van der Waals surface area contributed by atoms with Crippen LogP contribution in [-0.4, -0.2) is 53.3 Å². The summed E-state index contributed by atoms with van der Waals surface area (Å²) in [6.45, 7) is 6.76. The fraction of sp³-hybridized carbons (Fsp3) is 0.556. The topological polar surface area (TPSA) is 87.1 Å². The van der Waals surface area contributed by atoms with Crippen LogP contribution in [0.1, 0.15) is 37.7 Å². The first-order valence-electron chi connectivity index (χ1n) is 8.47. The zero-order valence-electron chi connectivity index (χ0n) is 14.5. The fourth-order valence-corrected chi connectivity index (χ4v) is 3.05. The number of aliphatic carboxylic acids is 2. The van der Waals surface area contributed by atoms with Gasteiger partial charge in [-0.05, 0) is 76.0 Å². The van der Waals surface area contributed by atoms with Gasteiger partial charge in [0.1, 0.15) is 5.75 Å². The number of rotatable bonds is 6. The maximum absolute atomic E-state index is 9.10. The number of benzene rings is 1. The molecule has 0 amide bonds. The molecule has 2 N–H and O–H groups in total. The Morgan fingerprint density at radius 3 is 2.32 bits per heavy atom. The van der Waals surface area contributed by atoms with Crippen LogP contribution in [-0.2, 0) is 9.59 Å². The van der Waals surface area contributed by atoms with Gasteiger partial charge in [-0.3, -0.25) is 0 Å². The van der Waals surface area contributed by atoms with Gasteiger partial charge in [-0.25, -0.2) is 9.59 Å². The molecule has 0 saturated carbocycles. The van der Waals surface area contributed by atoms with Gasteiger partial charge in [0.05, 0.1) is 6.61 Å². The van der Waals surface area contributed by atoms with Crippen molar-refractivity contribution in [2.75, 3.05) is 26.2 Å². The minimum Gasteiger partial charge on any atom is -0.493 e. The Morgan fingerprint density at radius 1 is 1.12 bits per heavy atom. The van der Waals surface area contributed by atoms with E-state index in [9.17, 15) is 0 Å². The SMILES string of the molecule is Cc1cc(Br)ccc1OCCCCN1CCCCC1.O=C(O)C(=O)O. The van der Waals surface area contributed by atoms with Crippen LogP contribution in [0, 0.1) is 6.92 Å². The minimum absolute atomic E-state index is 0.830. The van der Waals surface area contributed by atoms with Crippen molar-refractivity contribution in [3.63, 3.8) is 0 Å². The van der Waals surface area contributed by atoms with Crippen molar-refractivity contribution in [1.82, 2.24) is 4.90 Å². The monoisotopic (exact) mass is 415 g/mol. The van der Waals surface area contributed by atoms with Gasteiger partial charge in [0.2, 0.25) is 0 Å². The Kier molecular flexibility index (Phi) is 10.2.